The number of rotatable bonds is 4. The van der Waals surface area contributed by atoms with Crippen molar-refractivity contribution < 1.29 is 9.59 Å². The smallest absolute Gasteiger partial charge is 0.241 e. The maximum Gasteiger partial charge on any atom is 0.241 e. The summed E-state index contributed by atoms with van der Waals surface area (Å²) in [6.45, 7) is 1.27. The van der Waals surface area contributed by atoms with E-state index in [0.29, 0.717) is 19.0 Å². The molecule has 0 bridgehead atoms. The Labute approximate surface area is 173 Å². The van der Waals surface area contributed by atoms with Crippen LogP contribution in [0.3, 0.4) is 0 Å². The summed E-state index contributed by atoms with van der Waals surface area (Å²) in [6, 6.07) is 5.90. The van der Waals surface area contributed by atoms with Gasteiger partial charge in [0.1, 0.15) is 6.04 Å². The molecule has 1 aromatic rings. The van der Waals surface area contributed by atoms with Crippen LogP contribution in [-0.4, -0.2) is 46.9 Å². The first-order valence-corrected chi connectivity index (χ1v) is 11.2. The number of hydrogen-bond acceptors (Lipinski definition) is 5. The minimum absolute atomic E-state index is 0.0317. The number of nitrogens with one attached hydrogen (secondary N) is 3. The number of carbonyl (C=O) groups excluding carboxylic acids is 2. The molecule has 0 radical (unpaired) electrons. The molecule has 2 aliphatic heterocycles. The number of amides is 2. The van der Waals surface area contributed by atoms with Crippen LogP contribution in [0.5, 0.6) is 0 Å². The predicted octanol–water partition coefficient (Wildman–Crippen LogP) is 2.07. The molecular formula is C22H33N5O2. The SMILES string of the molecule is O=C(NC1CCCCCC1)C1CCCN(C(=O)C2CC(c3ccccn3)NN2)C1. The fourth-order valence-corrected chi connectivity index (χ4v) is 4.85. The Bertz CT molecular complexity index is 690. The first-order valence-electron chi connectivity index (χ1n) is 11.2. The van der Waals surface area contributed by atoms with Gasteiger partial charge < -0.3 is 10.2 Å². The second-order valence-electron chi connectivity index (χ2n) is 8.70. The van der Waals surface area contributed by atoms with Gasteiger partial charge in [0.2, 0.25) is 11.8 Å². The highest BCUT2D eigenvalue weighted by Gasteiger charge is 2.36. The zero-order valence-corrected chi connectivity index (χ0v) is 17.1. The molecule has 2 saturated heterocycles. The van der Waals surface area contributed by atoms with Crippen molar-refractivity contribution >= 4 is 11.8 Å². The molecule has 7 nitrogen and oxygen atoms in total. The summed E-state index contributed by atoms with van der Waals surface area (Å²) in [6.07, 6.45) is 11.4. The highest BCUT2D eigenvalue weighted by atomic mass is 16.2. The molecule has 1 aliphatic carbocycles. The molecule has 3 aliphatic rings. The molecule has 4 rings (SSSR count). The maximum absolute atomic E-state index is 13.1. The molecule has 3 heterocycles. The third-order valence-electron chi connectivity index (χ3n) is 6.55. The average Bonchev–Trinajstić information content (AvgIpc) is 3.12. The van der Waals surface area contributed by atoms with Crippen molar-refractivity contribution in [2.24, 2.45) is 5.92 Å². The maximum atomic E-state index is 13.1. The van der Waals surface area contributed by atoms with Gasteiger partial charge in [-0.05, 0) is 44.2 Å². The number of hydrazine groups is 1. The normalized spacial score (nSPS) is 28.7. The minimum Gasteiger partial charge on any atom is -0.353 e. The molecule has 0 spiro atoms. The zero-order valence-electron chi connectivity index (χ0n) is 17.1. The fraction of sp³-hybridized carbons (Fsp3) is 0.682. The Morgan fingerprint density at radius 3 is 2.62 bits per heavy atom. The van der Waals surface area contributed by atoms with Crippen LogP contribution in [0.25, 0.3) is 0 Å². The lowest BCUT2D eigenvalue weighted by atomic mass is 9.95. The van der Waals surface area contributed by atoms with E-state index in [1.54, 1.807) is 6.20 Å². The Balaban J connectivity index is 1.30. The number of carbonyl (C=O) groups is 2. The second-order valence-corrected chi connectivity index (χ2v) is 8.70. The van der Waals surface area contributed by atoms with Crippen molar-refractivity contribution in [3.63, 3.8) is 0 Å². The third-order valence-corrected chi connectivity index (χ3v) is 6.55. The van der Waals surface area contributed by atoms with Gasteiger partial charge in [-0.1, -0.05) is 31.7 Å². The van der Waals surface area contributed by atoms with Gasteiger partial charge in [-0.25, -0.2) is 10.9 Å². The van der Waals surface area contributed by atoms with Crippen LogP contribution in [0, 0.1) is 5.92 Å². The quantitative estimate of drug-likeness (QED) is 0.675. The van der Waals surface area contributed by atoms with Crippen molar-refractivity contribution in [2.75, 3.05) is 13.1 Å². The summed E-state index contributed by atoms with van der Waals surface area (Å²) >= 11 is 0. The monoisotopic (exact) mass is 399 g/mol. The third kappa shape index (κ3) is 5.14. The van der Waals surface area contributed by atoms with Crippen LogP contribution in [0.15, 0.2) is 24.4 Å². The number of piperidine rings is 1. The van der Waals surface area contributed by atoms with Crippen molar-refractivity contribution in [3.8, 4) is 0 Å². The van der Waals surface area contributed by atoms with Gasteiger partial charge in [0, 0.05) is 25.3 Å². The number of hydrogen-bond donors (Lipinski definition) is 3. The van der Waals surface area contributed by atoms with Gasteiger partial charge in [-0.15, -0.1) is 0 Å². The molecule has 3 unspecified atom stereocenters. The van der Waals surface area contributed by atoms with Gasteiger partial charge in [-0.2, -0.15) is 0 Å². The van der Waals surface area contributed by atoms with Crippen LogP contribution < -0.4 is 16.2 Å². The Morgan fingerprint density at radius 2 is 1.86 bits per heavy atom. The van der Waals surface area contributed by atoms with Gasteiger partial charge in [0.05, 0.1) is 17.7 Å². The Hall–Kier alpha value is -1.99. The van der Waals surface area contributed by atoms with Crippen molar-refractivity contribution in [3.05, 3.63) is 30.1 Å². The van der Waals surface area contributed by atoms with Crippen LogP contribution >= 0.6 is 0 Å². The second kappa shape index (κ2) is 9.67. The van der Waals surface area contributed by atoms with Crippen molar-refractivity contribution in [2.45, 2.75) is 75.9 Å². The van der Waals surface area contributed by atoms with E-state index in [4.69, 9.17) is 0 Å². The van der Waals surface area contributed by atoms with Crippen LogP contribution in [0.2, 0.25) is 0 Å². The lowest BCUT2D eigenvalue weighted by molar-refractivity contribution is -0.137. The largest absolute Gasteiger partial charge is 0.353 e. The topological polar surface area (TPSA) is 86.4 Å². The molecule has 0 aromatic carbocycles. The van der Waals surface area contributed by atoms with Crippen LogP contribution in [-0.2, 0) is 9.59 Å². The summed E-state index contributed by atoms with van der Waals surface area (Å²) in [7, 11) is 0. The Morgan fingerprint density at radius 1 is 1.03 bits per heavy atom. The molecule has 3 atom stereocenters. The number of nitrogens with zero attached hydrogens (tertiary/aromatic N) is 2. The van der Waals surface area contributed by atoms with Gasteiger partial charge in [0.15, 0.2) is 0 Å². The highest BCUT2D eigenvalue weighted by molar-refractivity contribution is 5.84. The minimum atomic E-state index is -0.273. The van der Waals surface area contributed by atoms with E-state index in [2.05, 4.69) is 21.2 Å². The van der Waals surface area contributed by atoms with E-state index in [-0.39, 0.29) is 29.8 Å². The molecule has 29 heavy (non-hydrogen) atoms. The average molecular weight is 400 g/mol. The van der Waals surface area contributed by atoms with Crippen molar-refractivity contribution in [1.29, 1.82) is 0 Å². The standard InChI is InChI=1S/C22H33N5O2/c28-21(24-17-9-3-1-2-4-10-17)16-8-7-13-27(15-16)22(29)20-14-19(25-26-20)18-11-5-6-12-23-18/h5-6,11-12,16-17,19-20,25-26H,1-4,7-10,13-15H2,(H,24,28). The van der Waals surface area contributed by atoms with Crippen molar-refractivity contribution in [1.82, 2.24) is 26.1 Å². The lowest BCUT2D eigenvalue weighted by Gasteiger charge is -2.34. The fourth-order valence-electron chi connectivity index (χ4n) is 4.85. The van der Waals surface area contributed by atoms with Gasteiger partial charge in [0.25, 0.3) is 0 Å². The number of likely N-dealkylation sites (tertiary alicyclic amines) is 1. The Kier molecular flexibility index (Phi) is 6.77. The molecule has 2 amide bonds. The summed E-state index contributed by atoms with van der Waals surface area (Å²) < 4.78 is 0. The molecule has 7 heteroatoms. The van der Waals surface area contributed by atoms with Gasteiger partial charge >= 0.3 is 0 Å². The summed E-state index contributed by atoms with van der Waals surface area (Å²) in [5, 5.41) is 3.27. The molecule has 3 fully saturated rings. The first kappa shape index (κ1) is 20.3. The van der Waals surface area contributed by atoms with Crippen LogP contribution in [0.1, 0.15) is 69.5 Å². The number of aromatic nitrogens is 1. The summed E-state index contributed by atoms with van der Waals surface area (Å²) in [5.74, 6) is 0.137. The van der Waals surface area contributed by atoms with E-state index in [1.807, 2.05) is 23.1 Å². The molecule has 3 N–H and O–H groups in total. The van der Waals surface area contributed by atoms with E-state index in [1.165, 1.54) is 25.7 Å². The molecule has 1 saturated carbocycles. The molecule has 1 aromatic heterocycles. The van der Waals surface area contributed by atoms with E-state index in [0.717, 1.165) is 37.9 Å². The lowest BCUT2D eigenvalue weighted by Crippen LogP contribution is -2.52. The van der Waals surface area contributed by atoms with E-state index >= 15 is 0 Å². The first-order chi connectivity index (χ1) is 14.2. The van der Waals surface area contributed by atoms with Gasteiger partial charge in [-0.3, -0.25) is 14.6 Å². The van der Waals surface area contributed by atoms with E-state index < -0.39 is 0 Å². The molecule has 158 valence electrons. The van der Waals surface area contributed by atoms with Crippen LogP contribution in [0.4, 0.5) is 0 Å². The predicted molar refractivity (Wildman–Crippen MR) is 111 cm³/mol. The highest BCUT2D eigenvalue weighted by Crippen LogP contribution is 2.24. The van der Waals surface area contributed by atoms with E-state index in [9.17, 15) is 9.59 Å². The summed E-state index contributed by atoms with van der Waals surface area (Å²) in [5.41, 5.74) is 7.27. The number of pyridine rings is 1. The zero-order chi connectivity index (χ0) is 20.1. The molecular weight excluding hydrogens is 366 g/mol. The summed E-state index contributed by atoms with van der Waals surface area (Å²) in [4.78, 5) is 32.1.